The lowest BCUT2D eigenvalue weighted by Gasteiger charge is -2.15. The second-order valence-corrected chi connectivity index (χ2v) is 6.29. The van der Waals surface area contributed by atoms with Gasteiger partial charge >= 0.3 is 0 Å². The Morgan fingerprint density at radius 3 is 2.15 bits per heavy atom. The van der Waals surface area contributed by atoms with Gasteiger partial charge in [-0.1, -0.05) is 42.8 Å². The zero-order valence-corrected chi connectivity index (χ0v) is 15.1. The molecule has 132 valence electrons. The first-order valence-corrected chi connectivity index (χ1v) is 8.55. The summed E-state index contributed by atoms with van der Waals surface area (Å²) in [5, 5.41) is 2.54. The first-order chi connectivity index (χ1) is 12.4. The lowest BCUT2D eigenvalue weighted by atomic mass is 10.1. The average Bonchev–Trinajstić information content (AvgIpc) is 2.85. The summed E-state index contributed by atoms with van der Waals surface area (Å²) < 4.78 is 0. The fourth-order valence-electron chi connectivity index (χ4n) is 2.79. The molecule has 0 unspecified atom stereocenters. The Labute approximate surface area is 156 Å². The number of anilines is 2. The molecule has 1 aliphatic rings. The van der Waals surface area contributed by atoms with Crippen LogP contribution < -0.4 is 10.2 Å². The molecule has 2 aromatic rings. The van der Waals surface area contributed by atoms with Crippen molar-refractivity contribution in [1.29, 1.82) is 0 Å². The molecule has 1 heterocycles. The molecule has 5 nitrogen and oxygen atoms in total. The molecule has 0 radical (unpaired) electrons. The summed E-state index contributed by atoms with van der Waals surface area (Å²) in [5.74, 6) is -1.19. The van der Waals surface area contributed by atoms with Gasteiger partial charge in [0.05, 0.1) is 11.3 Å². The largest absolute Gasteiger partial charge is 0.326 e. The number of benzene rings is 2. The SMILES string of the molecule is CCc1ccc(N2C(=O)C(Cl)=C(c3ccc(NC(C)=O)cc3)C2=O)cc1. The molecule has 0 fully saturated rings. The Balaban J connectivity index is 1.92. The summed E-state index contributed by atoms with van der Waals surface area (Å²) in [6.07, 6.45) is 0.868. The summed E-state index contributed by atoms with van der Waals surface area (Å²) in [7, 11) is 0. The van der Waals surface area contributed by atoms with Gasteiger partial charge in [-0.2, -0.15) is 0 Å². The van der Waals surface area contributed by atoms with Crippen molar-refractivity contribution in [1.82, 2.24) is 0 Å². The van der Waals surface area contributed by atoms with E-state index in [2.05, 4.69) is 5.32 Å². The minimum absolute atomic E-state index is 0.109. The number of nitrogens with one attached hydrogen (secondary N) is 1. The van der Waals surface area contributed by atoms with Gasteiger partial charge in [0.1, 0.15) is 5.03 Å². The summed E-state index contributed by atoms with van der Waals surface area (Å²) >= 11 is 6.18. The van der Waals surface area contributed by atoms with E-state index in [0.29, 0.717) is 16.9 Å². The quantitative estimate of drug-likeness (QED) is 0.836. The van der Waals surface area contributed by atoms with Gasteiger partial charge in [0.2, 0.25) is 5.91 Å². The number of nitrogens with zero attached hydrogens (tertiary/aromatic N) is 1. The number of imide groups is 1. The molecule has 0 atom stereocenters. The lowest BCUT2D eigenvalue weighted by molar-refractivity contribution is -0.120. The number of amides is 3. The number of hydrogen-bond acceptors (Lipinski definition) is 3. The van der Waals surface area contributed by atoms with Crippen molar-refractivity contribution in [2.75, 3.05) is 10.2 Å². The van der Waals surface area contributed by atoms with Crippen LogP contribution in [-0.2, 0) is 20.8 Å². The van der Waals surface area contributed by atoms with Crippen molar-refractivity contribution < 1.29 is 14.4 Å². The summed E-state index contributed by atoms with van der Waals surface area (Å²) in [4.78, 5) is 37.5. The number of hydrogen-bond donors (Lipinski definition) is 1. The lowest BCUT2D eigenvalue weighted by Crippen LogP contribution is -2.31. The van der Waals surface area contributed by atoms with E-state index in [9.17, 15) is 14.4 Å². The van der Waals surface area contributed by atoms with E-state index >= 15 is 0 Å². The molecule has 0 saturated heterocycles. The predicted octanol–water partition coefficient (Wildman–Crippen LogP) is 3.73. The zero-order valence-electron chi connectivity index (χ0n) is 14.4. The highest BCUT2D eigenvalue weighted by atomic mass is 35.5. The molecule has 0 bridgehead atoms. The van der Waals surface area contributed by atoms with Crippen LogP contribution in [0.3, 0.4) is 0 Å². The minimum atomic E-state index is -0.540. The minimum Gasteiger partial charge on any atom is -0.326 e. The molecule has 2 aromatic carbocycles. The van der Waals surface area contributed by atoms with E-state index in [1.807, 2.05) is 19.1 Å². The Hall–Kier alpha value is -2.92. The molecule has 3 amide bonds. The first-order valence-electron chi connectivity index (χ1n) is 8.18. The number of carbonyl (C=O) groups excluding carboxylic acids is 3. The average molecular weight is 369 g/mol. The molecule has 6 heteroatoms. The van der Waals surface area contributed by atoms with Crippen LogP contribution in [0.2, 0.25) is 0 Å². The van der Waals surface area contributed by atoms with Crippen molar-refractivity contribution >= 4 is 46.3 Å². The van der Waals surface area contributed by atoms with Gasteiger partial charge in [0, 0.05) is 12.6 Å². The van der Waals surface area contributed by atoms with E-state index < -0.39 is 11.8 Å². The van der Waals surface area contributed by atoms with E-state index in [0.717, 1.165) is 16.9 Å². The van der Waals surface area contributed by atoms with Gasteiger partial charge in [-0.05, 0) is 41.8 Å². The standard InChI is InChI=1S/C20H17ClN2O3/c1-3-13-4-10-16(11-5-13)23-19(25)17(18(21)20(23)26)14-6-8-15(9-7-14)22-12(2)24/h4-11H,3H2,1-2H3,(H,22,24). The van der Waals surface area contributed by atoms with Crippen molar-refractivity contribution in [2.45, 2.75) is 20.3 Å². The molecule has 0 spiro atoms. The molecule has 1 N–H and O–H groups in total. The summed E-state index contributed by atoms with van der Waals surface area (Å²) in [5.41, 5.74) is 2.88. The summed E-state index contributed by atoms with van der Waals surface area (Å²) in [6.45, 7) is 3.44. The normalized spacial score (nSPS) is 14.2. The maximum Gasteiger partial charge on any atom is 0.277 e. The molecule has 3 rings (SSSR count). The molecule has 1 aliphatic heterocycles. The van der Waals surface area contributed by atoms with Crippen LogP contribution in [0.5, 0.6) is 0 Å². The topological polar surface area (TPSA) is 66.5 Å². The third-order valence-corrected chi connectivity index (χ3v) is 4.47. The fraction of sp³-hybridized carbons (Fsp3) is 0.150. The fourth-order valence-corrected chi connectivity index (χ4v) is 3.07. The molecular weight excluding hydrogens is 352 g/mol. The third kappa shape index (κ3) is 3.26. The Morgan fingerprint density at radius 2 is 1.62 bits per heavy atom. The van der Waals surface area contributed by atoms with Gasteiger partial charge in [-0.25, -0.2) is 4.90 Å². The number of aryl methyl sites for hydroxylation is 1. The monoisotopic (exact) mass is 368 g/mol. The maximum atomic E-state index is 12.8. The van der Waals surface area contributed by atoms with Gasteiger partial charge in [-0.15, -0.1) is 0 Å². The van der Waals surface area contributed by atoms with Crippen LogP contribution in [-0.4, -0.2) is 17.7 Å². The highest BCUT2D eigenvalue weighted by Gasteiger charge is 2.39. The number of carbonyl (C=O) groups is 3. The summed E-state index contributed by atoms with van der Waals surface area (Å²) in [6, 6.07) is 13.8. The predicted molar refractivity (Wildman–Crippen MR) is 102 cm³/mol. The van der Waals surface area contributed by atoms with Crippen LogP contribution >= 0.6 is 11.6 Å². The van der Waals surface area contributed by atoms with E-state index in [4.69, 9.17) is 11.6 Å². The number of halogens is 1. The second-order valence-electron chi connectivity index (χ2n) is 5.91. The highest BCUT2D eigenvalue weighted by molar-refractivity contribution is 6.60. The Kier molecular flexibility index (Phi) is 4.91. The van der Waals surface area contributed by atoms with E-state index in [1.54, 1.807) is 36.4 Å². The van der Waals surface area contributed by atoms with Crippen LogP contribution in [0.15, 0.2) is 53.6 Å². The van der Waals surface area contributed by atoms with Gasteiger partial charge < -0.3 is 5.32 Å². The molecule has 0 aromatic heterocycles. The van der Waals surface area contributed by atoms with Crippen molar-refractivity contribution in [3.05, 3.63) is 64.7 Å². The van der Waals surface area contributed by atoms with Crippen LogP contribution in [0, 0.1) is 0 Å². The van der Waals surface area contributed by atoms with Crippen molar-refractivity contribution in [2.24, 2.45) is 0 Å². The second kappa shape index (κ2) is 7.14. The molecule has 26 heavy (non-hydrogen) atoms. The van der Waals surface area contributed by atoms with E-state index in [1.165, 1.54) is 6.92 Å². The maximum absolute atomic E-state index is 12.8. The molecule has 0 aliphatic carbocycles. The van der Waals surface area contributed by atoms with Crippen LogP contribution in [0.4, 0.5) is 11.4 Å². The van der Waals surface area contributed by atoms with Crippen molar-refractivity contribution in [3.63, 3.8) is 0 Å². The van der Waals surface area contributed by atoms with Crippen LogP contribution in [0.25, 0.3) is 5.57 Å². The zero-order chi connectivity index (χ0) is 18.8. The van der Waals surface area contributed by atoms with Gasteiger partial charge in [0.25, 0.3) is 11.8 Å². The van der Waals surface area contributed by atoms with Crippen LogP contribution in [0.1, 0.15) is 25.0 Å². The Bertz CT molecular complexity index is 915. The smallest absolute Gasteiger partial charge is 0.277 e. The number of rotatable bonds is 4. The van der Waals surface area contributed by atoms with E-state index in [-0.39, 0.29) is 16.5 Å². The molecule has 0 saturated carbocycles. The van der Waals surface area contributed by atoms with Gasteiger partial charge in [-0.3, -0.25) is 14.4 Å². The Morgan fingerprint density at radius 1 is 1.00 bits per heavy atom. The highest BCUT2D eigenvalue weighted by Crippen LogP contribution is 2.35. The first kappa shape index (κ1) is 17.9. The third-order valence-electron chi connectivity index (χ3n) is 4.12. The van der Waals surface area contributed by atoms with Gasteiger partial charge in [0.15, 0.2) is 0 Å². The molecular formula is C20H17ClN2O3. The van der Waals surface area contributed by atoms with Crippen molar-refractivity contribution in [3.8, 4) is 0 Å².